The average Bonchev–Trinajstić information content (AvgIpc) is 2.34. The summed E-state index contributed by atoms with van der Waals surface area (Å²) in [4.78, 5) is 4.02. The van der Waals surface area contributed by atoms with Crippen molar-refractivity contribution in [1.29, 1.82) is 0 Å². The summed E-state index contributed by atoms with van der Waals surface area (Å²) < 4.78 is 0. The molecule has 1 rings (SSSR count). The molecule has 0 fully saturated rings. The van der Waals surface area contributed by atoms with Crippen molar-refractivity contribution in [3.63, 3.8) is 0 Å². The van der Waals surface area contributed by atoms with Crippen LogP contribution in [-0.2, 0) is 0 Å². The van der Waals surface area contributed by atoms with Crippen molar-refractivity contribution >= 4 is 12.3 Å². The first-order valence-electron chi connectivity index (χ1n) is 6.11. The average molecular weight is 239 g/mol. The van der Waals surface area contributed by atoms with E-state index in [1.54, 1.807) is 7.05 Å². The predicted molar refractivity (Wildman–Crippen MR) is 82.3 cm³/mol. The number of hydrogen-bond donors (Lipinski definition) is 0. The van der Waals surface area contributed by atoms with Gasteiger partial charge in [-0.05, 0) is 43.0 Å². The van der Waals surface area contributed by atoms with Crippen LogP contribution in [-0.4, -0.2) is 13.3 Å². The van der Waals surface area contributed by atoms with Gasteiger partial charge in [-0.3, -0.25) is 4.99 Å². The number of aliphatic imine (C=N–C) groups is 1. The molecule has 94 valence electrons. The van der Waals surface area contributed by atoms with Crippen LogP contribution in [0.25, 0.3) is 6.08 Å². The zero-order valence-corrected chi connectivity index (χ0v) is 11.7. The second-order valence-electron chi connectivity index (χ2n) is 4.35. The summed E-state index contributed by atoms with van der Waals surface area (Å²) in [5.41, 5.74) is 5.83. The van der Waals surface area contributed by atoms with Crippen molar-refractivity contribution in [1.82, 2.24) is 0 Å². The fourth-order valence-electron chi connectivity index (χ4n) is 1.78. The van der Waals surface area contributed by atoms with Crippen LogP contribution in [0.15, 0.2) is 53.1 Å². The molecular formula is C17H21N. The largest absolute Gasteiger partial charge is 0.296 e. The molecule has 0 bridgehead atoms. The van der Waals surface area contributed by atoms with Gasteiger partial charge in [-0.1, -0.05) is 48.6 Å². The van der Waals surface area contributed by atoms with Gasteiger partial charge in [0.1, 0.15) is 0 Å². The van der Waals surface area contributed by atoms with Gasteiger partial charge in [0.2, 0.25) is 0 Å². The van der Waals surface area contributed by atoms with E-state index in [1.807, 2.05) is 25.3 Å². The number of benzene rings is 1. The van der Waals surface area contributed by atoms with Crippen LogP contribution in [0.5, 0.6) is 0 Å². The van der Waals surface area contributed by atoms with E-state index in [0.29, 0.717) is 0 Å². The number of hydrogen-bond acceptors (Lipinski definition) is 1. The SMILES string of the molecule is C=C(/C=C\c1ccc(C)cc1C)/C(C=NC)=C/C. The van der Waals surface area contributed by atoms with E-state index in [4.69, 9.17) is 0 Å². The quantitative estimate of drug-likeness (QED) is 0.541. The van der Waals surface area contributed by atoms with Gasteiger partial charge in [0.05, 0.1) is 0 Å². The van der Waals surface area contributed by atoms with Gasteiger partial charge >= 0.3 is 0 Å². The van der Waals surface area contributed by atoms with Crippen molar-refractivity contribution < 1.29 is 0 Å². The molecule has 0 radical (unpaired) electrons. The van der Waals surface area contributed by atoms with Gasteiger partial charge in [0.25, 0.3) is 0 Å². The van der Waals surface area contributed by atoms with Gasteiger partial charge in [-0.2, -0.15) is 0 Å². The Morgan fingerprint density at radius 1 is 1.28 bits per heavy atom. The molecule has 0 amide bonds. The van der Waals surface area contributed by atoms with Crippen LogP contribution in [0.1, 0.15) is 23.6 Å². The van der Waals surface area contributed by atoms with Crippen molar-refractivity contribution in [3.8, 4) is 0 Å². The maximum absolute atomic E-state index is 4.06. The Kier molecular flexibility index (Phi) is 5.31. The summed E-state index contributed by atoms with van der Waals surface area (Å²) in [7, 11) is 1.77. The second-order valence-corrected chi connectivity index (χ2v) is 4.35. The highest BCUT2D eigenvalue weighted by Gasteiger charge is 1.97. The Morgan fingerprint density at radius 3 is 2.56 bits per heavy atom. The van der Waals surface area contributed by atoms with Crippen molar-refractivity contribution in [2.75, 3.05) is 7.05 Å². The third-order valence-electron chi connectivity index (χ3n) is 2.84. The summed E-state index contributed by atoms with van der Waals surface area (Å²) in [6.07, 6.45) is 7.98. The van der Waals surface area contributed by atoms with Crippen LogP contribution < -0.4 is 0 Å². The van der Waals surface area contributed by atoms with Crippen LogP contribution >= 0.6 is 0 Å². The second kappa shape index (κ2) is 6.75. The van der Waals surface area contributed by atoms with Crippen LogP contribution in [0.4, 0.5) is 0 Å². The molecule has 0 heterocycles. The molecule has 0 aliphatic heterocycles. The van der Waals surface area contributed by atoms with Crippen molar-refractivity contribution in [2.45, 2.75) is 20.8 Å². The van der Waals surface area contributed by atoms with Crippen LogP contribution in [0.3, 0.4) is 0 Å². The van der Waals surface area contributed by atoms with Gasteiger partial charge in [0, 0.05) is 13.3 Å². The molecule has 18 heavy (non-hydrogen) atoms. The summed E-state index contributed by atoms with van der Waals surface area (Å²) in [5.74, 6) is 0. The fourth-order valence-corrected chi connectivity index (χ4v) is 1.78. The highest BCUT2D eigenvalue weighted by atomic mass is 14.6. The molecule has 1 aromatic carbocycles. The van der Waals surface area contributed by atoms with Crippen LogP contribution in [0.2, 0.25) is 0 Å². The summed E-state index contributed by atoms with van der Waals surface area (Å²) in [6.45, 7) is 10.3. The summed E-state index contributed by atoms with van der Waals surface area (Å²) >= 11 is 0. The van der Waals surface area contributed by atoms with Gasteiger partial charge in [0.15, 0.2) is 0 Å². The maximum Gasteiger partial charge on any atom is 0.0283 e. The third kappa shape index (κ3) is 3.85. The van der Waals surface area contributed by atoms with E-state index >= 15 is 0 Å². The van der Waals surface area contributed by atoms with E-state index in [2.05, 4.69) is 49.7 Å². The highest BCUT2D eigenvalue weighted by Crippen LogP contribution is 2.15. The third-order valence-corrected chi connectivity index (χ3v) is 2.84. The Labute approximate surface area is 110 Å². The Balaban J connectivity index is 2.90. The minimum absolute atomic E-state index is 0.975. The molecule has 0 aliphatic rings. The normalized spacial score (nSPS) is 12.6. The molecule has 1 nitrogen and oxygen atoms in total. The molecule has 1 heteroatoms. The number of rotatable bonds is 4. The maximum atomic E-state index is 4.06. The first kappa shape index (κ1) is 14.2. The minimum Gasteiger partial charge on any atom is -0.296 e. The first-order valence-corrected chi connectivity index (χ1v) is 6.11. The Hall–Kier alpha value is -1.89. The minimum atomic E-state index is 0.975. The van der Waals surface area contributed by atoms with Crippen molar-refractivity contribution in [3.05, 3.63) is 64.8 Å². The monoisotopic (exact) mass is 239 g/mol. The number of nitrogens with zero attached hydrogens (tertiary/aromatic N) is 1. The van der Waals surface area contributed by atoms with Crippen LogP contribution in [0, 0.1) is 13.8 Å². The summed E-state index contributed by atoms with van der Waals surface area (Å²) in [5, 5.41) is 0. The standard InChI is InChI=1S/C17H21N/c1-6-16(12-18-5)14(3)8-10-17-9-7-13(2)11-15(17)4/h6-12H,3H2,1-2,4-5H3/b10-8-,16-6+,18-12?. The zero-order chi connectivity index (χ0) is 13.5. The highest BCUT2D eigenvalue weighted by molar-refractivity contribution is 5.86. The predicted octanol–water partition coefficient (Wildman–Crippen LogP) is 4.52. The zero-order valence-electron chi connectivity index (χ0n) is 11.7. The topological polar surface area (TPSA) is 12.4 Å². The fraction of sp³-hybridized carbons (Fsp3) is 0.235. The molecule has 0 saturated carbocycles. The number of allylic oxidation sites excluding steroid dienone is 4. The van der Waals surface area contributed by atoms with Gasteiger partial charge in [-0.25, -0.2) is 0 Å². The van der Waals surface area contributed by atoms with Crippen molar-refractivity contribution in [2.24, 2.45) is 4.99 Å². The molecule has 0 aromatic heterocycles. The molecule has 0 unspecified atom stereocenters. The smallest absolute Gasteiger partial charge is 0.0283 e. The van der Waals surface area contributed by atoms with E-state index < -0.39 is 0 Å². The molecule has 0 aliphatic carbocycles. The molecule has 0 saturated heterocycles. The van der Waals surface area contributed by atoms with Gasteiger partial charge < -0.3 is 0 Å². The first-order chi connectivity index (χ1) is 8.58. The Morgan fingerprint density at radius 2 is 2.00 bits per heavy atom. The molecule has 0 atom stereocenters. The van der Waals surface area contributed by atoms with E-state index in [0.717, 1.165) is 11.1 Å². The van der Waals surface area contributed by atoms with E-state index in [9.17, 15) is 0 Å². The lowest BCUT2D eigenvalue weighted by Crippen LogP contribution is -1.87. The van der Waals surface area contributed by atoms with E-state index in [-0.39, 0.29) is 0 Å². The van der Waals surface area contributed by atoms with E-state index in [1.165, 1.54) is 16.7 Å². The van der Waals surface area contributed by atoms with Gasteiger partial charge in [-0.15, -0.1) is 0 Å². The molecule has 0 N–H and O–H groups in total. The molecule has 0 spiro atoms. The lowest BCUT2D eigenvalue weighted by molar-refractivity contribution is 1.37. The Bertz CT molecular complexity index is 516. The number of aryl methyl sites for hydroxylation is 2. The molecular weight excluding hydrogens is 218 g/mol. The molecule has 1 aromatic rings. The lowest BCUT2D eigenvalue weighted by Gasteiger charge is -2.03. The lowest BCUT2D eigenvalue weighted by atomic mass is 10.0. The summed E-state index contributed by atoms with van der Waals surface area (Å²) in [6, 6.07) is 6.45.